The number of hydrogen-bond donors (Lipinski definition) is 0. The molecule has 3 heteroatoms. The van der Waals surface area contributed by atoms with Gasteiger partial charge in [0.15, 0.2) is 0 Å². The summed E-state index contributed by atoms with van der Waals surface area (Å²) in [6.45, 7) is 1.51. The van der Waals surface area contributed by atoms with Gasteiger partial charge in [-0.2, -0.15) is 0 Å². The third kappa shape index (κ3) is 4.08. The van der Waals surface area contributed by atoms with Crippen molar-refractivity contribution in [1.29, 1.82) is 0 Å². The van der Waals surface area contributed by atoms with Crippen LogP contribution in [0.3, 0.4) is 0 Å². The maximum absolute atomic E-state index is 10.9. The highest BCUT2D eigenvalue weighted by Crippen LogP contribution is 1.89. The summed E-state index contributed by atoms with van der Waals surface area (Å²) in [6, 6.07) is 0.111. The zero-order valence-electron chi connectivity index (χ0n) is 3.04. The predicted octanol–water partition coefficient (Wildman–Crippen LogP) is 1.17. The van der Waals surface area contributed by atoms with Crippen LogP contribution >= 0.6 is 0 Å². The van der Waals surface area contributed by atoms with Gasteiger partial charge in [0.05, 0.1) is 0 Å². The molecule has 0 fully saturated rings. The minimum atomic E-state index is -3.15. The number of halogens is 2. The van der Waals surface area contributed by atoms with Crippen LogP contribution in [0.15, 0.2) is 0 Å². The van der Waals surface area contributed by atoms with Gasteiger partial charge in [-0.1, -0.05) is 6.92 Å². The van der Waals surface area contributed by atoms with Gasteiger partial charge >= 0.3 is 9.46 Å². The highest BCUT2D eigenvalue weighted by molar-refractivity contribution is 6.42. The second-order valence-corrected chi connectivity index (χ2v) is 2.40. The molecule has 0 saturated heterocycles. The summed E-state index contributed by atoms with van der Waals surface area (Å²) in [5.74, 6) is 0. The third-order valence-corrected chi connectivity index (χ3v) is 0.926. The highest BCUT2D eigenvalue weighted by Gasteiger charge is 1.97. The Morgan fingerprint density at radius 2 is 1.80 bits per heavy atom. The monoisotopic (exact) mass is 96.0 g/mol. The van der Waals surface area contributed by atoms with E-state index < -0.39 is 9.46 Å². The van der Waals surface area contributed by atoms with Gasteiger partial charge in [-0.3, -0.25) is 8.22 Å². The van der Waals surface area contributed by atoms with E-state index in [1.54, 1.807) is 0 Å². The first kappa shape index (κ1) is 5.08. The first-order chi connectivity index (χ1) is 2.27. The lowest BCUT2D eigenvalue weighted by molar-refractivity contribution is 0.658. The molecule has 32 valence electrons. The molecular weight excluding hydrogens is 90.1 g/mol. The summed E-state index contributed by atoms with van der Waals surface area (Å²) in [5, 5.41) is 0. The Hall–Kier alpha value is 0.0769. The summed E-state index contributed by atoms with van der Waals surface area (Å²) in [4.78, 5) is 0. The molecule has 0 spiro atoms. The third-order valence-electron chi connectivity index (χ3n) is 0.309. The quantitative estimate of drug-likeness (QED) is 0.339. The lowest BCUT2D eigenvalue weighted by Crippen LogP contribution is -1.88. The van der Waals surface area contributed by atoms with Gasteiger partial charge in [-0.15, -0.1) is 0 Å². The fourth-order valence-corrected chi connectivity index (χ4v) is 0. The van der Waals surface area contributed by atoms with E-state index in [2.05, 4.69) is 0 Å². The fourth-order valence-electron chi connectivity index (χ4n) is 0. The molecule has 0 aliphatic heterocycles. The van der Waals surface area contributed by atoms with Crippen molar-refractivity contribution in [3.05, 3.63) is 0 Å². The van der Waals surface area contributed by atoms with Crippen LogP contribution in [0.4, 0.5) is 8.22 Å². The molecule has 0 amide bonds. The van der Waals surface area contributed by atoms with E-state index in [1.165, 1.54) is 6.92 Å². The molecule has 5 heavy (non-hydrogen) atoms. The fraction of sp³-hybridized carbons (Fsp3) is 1.00. The zero-order chi connectivity index (χ0) is 4.28. The second kappa shape index (κ2) is 2.32. The van der Waals surface area contributed by atoms with E-state index in [4.69, 9.17) is 0 Å². The van der Waals surface area contributed by atoms with Crippen LogP contribution in [0.5, 0.6) is 0 Å². The lowest BCUT2D eigenvalue weighted by Gasteiger charge is -1.77. The molecule has 0 aliphatic carbocycles. The van der Waals surface area contributed by atoms with Gasteiger partial charge < -0.3 is 0 Å². The number of hydrogen-bond acceptors (Lipinski definition) is 0. The SMILES string of the molecule is CC[SiH](F)F. The Morgan fingerprint density at radius 3 is 1.80 bits per heavy atom. The molecule has 0 unspecified atom stereocenters. The van der Waals surface area contributed by atoms with Crippen LogP contribution in [0, 0.1) is 0 Å². The van der Waals surface area contributed by atoms with Crippen LogP contribution in [-0.4, -0.2) is 9.46 Å². The summed E-state index contributed by atoms with van der Waals surface area (Å²) >= 11 is 0. The molecule has 0 nitrogen and oxygen atoms in total. The smallest absolute Gasteiger partial charge is 0.275 e. The number of rotatable bonds is 1. The van der Waals surface area contributed by atoms with Crippen molar-refractivity contribution in [2.75, 3.05) is 0 Å². The van der Waals surface area contributed by atoms with Crippen molar-refractivity contribution in [3.8, 4) is 0 Å². The molecule has 0 heterocycles. The normalized spacial score (nSPS) is 9.60. The summed E-state index contributed by atoms with van der Waals surface area (Å²) in [6.07, 6.45) is 0. The first-order valence-electron chi connectivity index (χ1n) is 1.55. The zero-order valence-corrected chi connectivity index (χ0v) is 4.20. The van der Waals surface area contributed by atoms with Crippen molar-refractivity contribution in [2.45, 2.75) is 13.0 Å². The second-order valence-electron chi connectivity index (χ2n) is 0.799. The molecule has 0 bridgehead atoms. The summed E-state index contributed by atoms with van der Waals surface area (Å²) in [5.41, 5.74) is 0. The standard InChI is InChI=1S/C2H6F2Si/c1-2-5(3)4/h5H,2H2,1H3. The van der Waals surface area contributed by atoms with Crippen LogP contribution in [-0.2, 0) is 0 Å². The average molecular weight is 96.2 g/mol. The highest BCUT2D eigenvalue weighted by atomic mass is 28.4. The van der Waals surface area contributed by atoms with Crippen LogP contribution in [0.1, 0.15) is 6.92 Å². The summed E-state index contributed by atoms with van der Waals surface area (Å²) in [7, 11) is -3.15. The van der Waals surface area contributed by atoms with Crippen molar-refractivity contribution in [3.63, 3.8) is 0 Å². The van der Waals surface area contributed by atoms with Crippen LogP contribution in [0.2, 0.25) is 6.04 Å². The predicted molar refractivity (Wildman–Crippen MR) is 19.8 cm³/mol. The molecule has 0 radical (unpaired) electrons. The average Bonchev–Trinajstić information content (AvgIpc) is 1.38. The maximum Gasteiger partial charge on any atom is 0.411 e. The van der Waals surface area contributed by atoms with Gasteiger partial charge in [-0.25, -0.2) is 0 Å². The Balaban J connectivity index is 2.54. The van der Waals surface area contributed by atoms with Gasteiger partial charge in [-0.05, 0) is 6.04 Å². The van der Waals surface area contributed by atoms with E-state index in [1.807, 2.05) is 0 Å². The molecule has 0 aliphatic rings. The van der Waals surface area contributed by atoms with E-state index in [9.17, 15) is 8.22 Å². The maximum atomic E-state index is 10.9. The molecule has 0 aromatic rings. The molecule has 0 atom stereocenters. The molecule has 0 aromatic carbocycles. The molecule has 0 saturated carbocycles. The molecular formula is C2H6F2Si. The van der Waals surface area contributed by atoms with E-state index in [-0.39, 0.29) is 6.04 Å². The Bertz CT molecular complexity index is 21.6. The molecule has 0 aromatic heterocycles. The van der Waals surface area contributed by atoms with E-state index in [0.29, 0.717) is 0 Å². The Kier molecular flexibility index (Phi) is 2.36. The van der Waals surface area contributed by atoms with Gasteiger partial charge in [0, 0.05) is 0 Å². The topological polar surface area (TPSA) is 0 Å². The minimum absolute atomic E-state index is 0.111. The van der Waals surface area contributed by atoms with Crippen molar-refractivity contribution >= 4 is 9.46 Å². The largest absolute Gasteiger partial charge is 0.411 e. The van der Waals surface area contributed by atoms with Crippen LogP contribution in [0.25, 0.3) is 0 Å². The van der Waals surface area contributed by atoms with Gasteiger partial charge in [0.1, 0.15) is 0 Å². The van der Waals surface area contributed by atoms with E-state index >= 15 is 0 Å². The van der Waals surface area contributed by atoms with E-state index in [0.717, 1.165) is 0 Å². The minimum Gasteiger partial charge on any atom is -0.275 e. The molecule has 0 N–H and O–H groups in total. The van der Waals surface area contributed by atoms with Crippen molar-refractivity contribution < 1.29 is 8.22 Å². The Morgan fingerprint density at radius 1 is 1.60 bits per heavy atom. The van der Waals surface area contributed by atoms with Crippen molar-refractivity contribution in [2.24, 2.45) is 0 Å². The van der Waals surface area contributed by atoms with Gasteiger partial charge in [0.25, 0.3) is 0 Å². The molecule has 0 rings (SSSR count). The van der Waals surface area contributed by atoms with Crippen molar-refractivity contribution in [1.82, 2.24) is 0 Å². The van der Waals surface area contributed by atoms with Gasteiger partial charge in [0.2, 0.25) is 0 Å². The Labute approximate surface area is 31.8 Å². The summed E-state index contributed by atoms with van der Waals surface area (Å²) < 4.78 is 21.8. The first-order valence-corrected chi connectivity index (χ1v) is 3.24. The lowest BCUT2D eigenvalue weighted by atomic mass is 11.0. The van der Waals surface area contributed by atoms with Crippen LogP contribution < -0.4 is 0 Å².